The quantitative estimate of drug-likeness (QED) is 0.384. The number of nitro groups is 1. The number of methoxy groups -OCH3 is 1. The lowest BCUT2D eigenvalue weighted by Gasteiger charge is -2.40. The second-order valence-electron chi connectivity index (χ2n) is 8.78. The average Bonchev–Trinajstić information content (AvgIpc) is 3.10. The van der Waals surface area contributed by atoms with Crippen molar-refractivity contribution in [2.75, 3.05) is 20.7 Å². The summed E-state index contributed by atoms with van der Waals surface area (Å²) in [4.78, 5) is 26.1. The Morgan fingerprint density at radius 3 is 2.69 bits per heavy atom. The number of hydrogen-bond donors (Lipinski definition) is 0. The molecule has 2 aromatic rings. The fraction of sp³-hybridized carbons (Fsp3) is 0.400. The molecule has 0 bridgehead atoms. The van der Waals surface area contributed by atoms with Crippen LogP contribution in [0.3, 0.4) is 0 Å². The molecule has 1 aliphatic carbocycles. The number of likely N-dealkylation sites (tertiary alicyclic amines) is 1. The first-order valence-corrected chi connectivity index (χ1v) is 10.8. The molecule has 0 saturated carbocycles. The Morgan fingerprint density at radius 1 is 1.22 bits per heavy atom. The minimum atomic E-state index is -0.672. The summed E-state index contributed by atoms with van der Waals surface area (Å²) in [6, 6.07) is 11.1. The molecule has 1 heterocycles. The smallest absolute Gasteiger partial charge is 0.350 e. The standard InChI is InChI=1S/C25H28N2O5/c1-16-6-5-7-20(27(29)30)23(16)24(28)32-19-10-11-25(12-13-26(3)22(25)15-19)18-8-9-21(31-4)17(2)14-18/h5-10,14,22H,11-13,15H2,1-4H3. The molecule has 2 atom stereocenters. The molecule has 0 N–H and O–H groups in total. The number of esters is 1. The van der Waals surface area contributed by atoms with Crippen LogP contribution in [0.4, 0.5) is 5.69 Å². The summed E-state index contributed by atoms with van der Waals surface area (Å²) < 4.78 is 11.1. The van der Waals surface area contributed by atoms with Crippen molar-refractivity contribution in [3.8, 4) is 5.75 Å². The van der Waals surface area contributed by atoms with Crippen molar-refractivity contribution in [2.24, 2.45) is 0 Å². The van der Waals surface area contributed by atoms with Crippen molar-refractivity contribution in [3.63, 3.8) is 0 Å². The molecule has 1 saturated heterocycles. The predicted octanol–water partition coefficient (Wildman–Crippen LogP) is 4.70. The number of fused-ring (bicyclic) bond motifs is 1. The summed E-state index contributed by atoms with van der Waals surface area (Å²) >= 11 is 0. The number of hydrogen-bond acceptors (Lipinski definition) is 6. The highest BCUT2D eigenvalue weighted by molar-refractivity contribution is 5.96. The molecule has 0 amide bonds. The van der Waals surface area contributed by atoms with Crippen molar-refractivity contribution in [1.29, 1.82) is 0 Å². The molecule has 0 spiro atoms. The van der Waals surface area contributed by atoms with Crippen LogP contribution in [-0.2, 0) is 10.2 Å². The van der Waals surface area contributed by atoms with Gasteiger partial charge in [0.2, 0.25) is 0 Å². The SMILES string of the molecule is COc1ccc(C23CC=C(OC(=O)c4c(C)cccc4[N+](=O)[O-])CC2N(C)CC3)cc1C. The van der Waals surface area contributed by atoms with E-state index in [2.05, 4.69) is 24.1 Å². The summed E-state index contributed by atoms with van der Waals surface area (Å²) in [5, 5.41) is 11.4. The molecule has 7 heteroatoms. The summed E-state index contributed by atoms with van der Waals surface area (Å²) in [6.45, 7) is 4.68. The van der Waals surface area contributed by atoms with Gasteiger partial charge in [-0.1, -0.05) is 24.3 Å². The summed E-state index contributed by atoms with van der Waals surface area (Å²) in [6.07, 6.45) is 4.32. The normalized spacial score (nSPS) is 22.8. The zero-order valence-electron chi connectivity index (χ0n) is 18.9. The number of benzene rings is 2. The molecule has 2 aliphatic rings. The van der Waals surface area contributed by atoms with E-state index in [1.165, 1.54) is 11.6 Å². The topological polar surface area (TPSA) is 81.9 Å². The maximum absolute atomic E-state index is 12.9. The second kappa shape index (κ2) is 8.39. The molecule has 0 radical (unpaired) electrons. The highest BCUT2D eigenvalue weighted by Gasteiger charge is 2.49. The molecule has 0 aromatic heterocycles. The van der Waals surface area contributed by atoms with Gasteiger partial charge in [-0.05, 0) is 69.1 Å². The maximum atomic E-state index is 12.9. The highest BCUT2D eigenvalue weighted by atomic mass is 16.6. The number of likely N-dealkylation sites (N-methyl/N-ethyl adjacent to an activating group) is 1. The number of aryl methyl sites for hydroxylation is 2. The molecule has 4 rings (SSSR count). The van der Waals surface area contributed by atoms with Gasteiger partial charge in [-0.3, -0.25) is 10.1 Å². The first kappa shape index (κ1) is 22.0. The van der Waals surface area contributed by atoms with Crippen LogP contribution in [0.1, 0.15) is 46.3 Å². The van der Waals surface area contributed by atoms with Gasteiger partial charge in [0.25, 0.3) is 5.69 Å². The van der Waals surface area contributed by atoms with Gasteiger partial charge in [-0.25, -0.2) is 4.79 Å². The van der Waals surface area contributed by atoms with Crippen molar-refractivity contribution in [3.05, 3.63) is 80.6 Å². The summed E-state index contributed by atoms with van der Waals surface area (Å²) in [5.41, 5.74) is 2.62. The first-order chi connectivity index (χ1) is 15.3. The van der Waals surface area contributed by atoms with Gasteiger partial charge in [0.1, 0.15) is 17.1 Å². The highest BCUT2D eigenvalue weighted by Crippen LogP contribution is 2.48. The molecule has 168 valence electrons. The van der Waals surface area contributed by atoms with Gasteiger partial charge in [-0.15, -0.1) is 0 Å². The lowest BCUT2D eigenvalue weighted by Crippen LogP contribution is -2.43. The largest absolute Gasteiger partial charge is 0.496 e. The van der Waals surface area contributed by atoms with Crippen LogP contribution in [0.25, 0.3) is 0 Å². The molecule has 1 aliphatic heterocycles. The van der Waals surface area contributed by atoms with E-state index in [0.717, 1.165) is 30.7 Å². The van der Waals surface area contributed by atoms with Crippen LogP contribution in [0.15, 0.2) is 48.2 Å². The van der Waals surface area contributed by atoms with Crippen molar-refractivity contribution >= 4 is 11.7 Å². The van der Waals surface area contributed by atoms with E-state index in [-0.39, 0.29) is 22.7 Å². The number of carbonyl (C=O) groups is 1. The van der Waals surface area contributed by atoms with Crippen LogP contribution in [0, 0.1) is 24.0 Å². The average molecular weight is 437 g/mol. The van der Waals surface area contributed by atoms with Crippen molar-refractivity contribution < 1.29 is 19.2 Å². The first-order valence-electron chi connectivity index (χ1n) is 10.8. The molecule has 2 aromatic carbocycles. The van der Waals surface area contributed by atoms with Crippen molar-refractivity contribution in [2.45, 2.75) is 44.6 Å². The van der Waals surface area contributed by atoms with E-state index in [1.807, 2.05) is 19.1 Å². The number of carbonyl (C=O) groups excluding carboxylic acids is 1. The molecular formula is C25H28N2O5. The van der Waals surface area contributed by atoms with Gasteiger partial charge in [0.05, 0.1) is 12.0 Å². The lowest BCUT2D eigenvalue weighted by atomic mass is 9.68. The molecule has 1 fully saturated rings. The fourth-order valence-corrected chi connectivity index (χ4v) is 5.25. The minimum Gasteiger partial charge on any atom is -0.496 e. The third-order valence-corrected chi connectivity index (χ3v) is 7.01. The van der Waals surface area contributed by atoms with E-state index < -0.39 is 10.9 Å². The molecular weight excluding hydrogens is 408 g/mol. The predicted molar refractivity (Wildman–Crippen MR) is 121 cm³/mol. The monoisotopic (exact) mass is 436 g/mol. The Hall–Kier alpha value is -3.19. The third kappa shape index (κ3) is 3.66. The van der Waals surface area contributed by atoms with Crippen LogP contribution < -0.4 is 4.74 Å². The molecule has 2 unspecified atom stereocenters. The van der Waals surface area contributed by atoms with E-state index in [9.17, 15) is 14.9 Å². The van der Waals surface area contributed by atoms with Crippen LogP contribution in [-0.4, -0.2) is 42.5 Å². The van der Waals surface area contributed by atoms with Gasteiger partial charge < -0.3 is 14.4 Å². The molecule has 7 nitrogen and oxygen atoms in total. The number of rotatable bonds is 5. The lowest BCUT2D eigenvalue weighted by molar-refractivity contribution is -0.385. The number of nitrogens with zero attached hydrogens (tertiary/aromatic N) is 2. The van der Waals surface area contributed by atoms with Crippen LogP contribution in [0.2, 0.25) is 0 Å². The Balaban J connectivity index is 1.63. The van der Waals surface area contributed by atoms with Crippen LogP contribution in [0.5, 0.6) is 5.75 Å². The van der Waals surface area contributed by atoms with Gasteiger partial charge in [0, 0.05) is 23.9 Å². The number of ether oxygens (including phenoxy) is 2. The minimum absolute atomic E-state index is 0.0146. The zero-order valence-corrected chi connectivity index (χ0v) is 18.9. The third-order valence-electron chi connectivity index (χ3n) is 7.01. The van der Waals surface area contributed by atoms with Crippen LogP contribution >= 0.6 is 0 Å². The van der Waals surface area contributed by atoms with Gasteiger partial charge in [-0.2, -0.15) is 0 Å². The van der Waals surface area contributed by atoms with E-state index in [1.54, 1.807) is 26.2 Å². The van der Waals surface area contributed by atoms with E-state index >= 15 is 0 Å². The maximum Gasteiger partial charge on any atom is 0.350 e. The van der Waals surface area contributed by atoms with Gasteiger partial charge >= 0.3 is 5.97 Å². The fourth-order valence-electron chi connectivity index (χ4n) is 5.25. The second-order valence-corrected chi connectivity index (χ2v) is 8.78. The Bertz CT molecular complexity index is 1110. The Labute approximate surface area is 187 Å². The molecule has 32 heavy (non-hydrogen) atoms. The zero-order chi connectivity index (χ0) is 23.0. The summed E-state index contributed by atoms with van der Waals surface area (Å²) in [7, 11) is 3.77. The van der Waals surface area contributed by atoms with Crippen molar-refractivity contribution in [1.82, 2.24) is 4.90 Å². The van der Waals surface area contributed by atoms with Gasteiger partial charge in [0.15, 0.2) is 0 Å². The van der Waals surface area contributed by atoms with E-state index in [0.29, 0.717) is 17.7 Å². The Kier molecular flexibility index (Phi) is 5.77. The van der Waals surface area contributed by atoms with E-state index in [4.69, 9.17) is 9.47 Å². The number of nitro benzene ring substituents is 1. The Morgan fingerprint density at radius 2 is 2.00 bits per heavy atom. The summed E-state index contributed by atoms with van der Waals surface area (Å²) in [5.74, 6) is 0.774. The number of allylic oxidation sites excluding steroid dienone is 1.